The highest BCUT2D eigenvalue weighted by Gasteiger charge is 2.27. The number of ketones is 1. The van der Waals surface area contributed by atoms with Crippen LogP contribution in [-0.2, 0) is 0 Å². The number of hydrogen-bond acceptors (Lipinski definition) is 3. The van der Waals surface area contributed by atoms with E-state index in [2.05, 4.69) is 0 Å². The van der Waals surface area contributed by atoms with Gasteiger partial charge in [-0.15, -0.1) is 0 Å². The van der Waals surface area contributed by atoms with E-state index in [1.54, 1.807) is 25.1 Å². The maximum Gasteiger partial charge on any atom is 0.339 e. The summed E-state index contributed by atoms with van der Waals surface area (Å²) in [4.78, 5) is 24.6. The van der Waals surface area contributed by atoms with Crippen LogP contribution in [0.5, 0.6) is 0 Å². The lowest BCUT2D eigenvalue weighted by molar-refractivity contribution is 0.103. The van der Waals surface area contributed by atoms with E-state index in [0.29, 0.717) is 28.0 Å². The zero-order valence-electron chi connectivity index (χ0n) is 10.8. The van der Waals surface area contributed by atoms with Crippen molar-refractivity contribution < 1.29 is 9.21 Å². The molecule has 0 radical (unpaired) electrons. The summed E-state index contributed by atoms with van der Waals surface area (Å²) in [6.45, 7) is 1.72. The quantitative estimate of drug-likeness (QED) is 0.488. The van der Waals surface area contributed by atoms with E-state index in [4.69, 9.17) is 4.42 Å². The standard InChI is InChI=1S/C17H10O3/c1-9-10-7-4-8-13-14(10)16(20-17(9)19)12-6-3-2-5-11(12)15(13)18/h2-8H,1H3. The molecule has 4 rings (SSSR count). The maximum atomic E-state index is 12.6. The molecule has 0 saturated carbocycles. The van der Waals surface area contributed by atoms with E-state index in [-0.39, 0.29) is 11.4 Å². The molecule has 2 aromatic carbocycles. The highest BCUT2D eigenvalue weighted by molar-refractivity contribution is 6.25. The van der Waals surface area contributed by atoms with Gasteiger partial charge in [0.2, 0.25) is 0 Å². The van der Waals surface area contributed by atoms with Gasteiger partial charge < -0.3 is 4.42 Å². The van der Waals surface area contributed by atoms with Crippen LogP contribution < -0.4 is 5.63 Å². The largest absolute Gasteiger partial charge is 0.422 e. The molecule has 0 saturated heterocycles. The first-order chi connectivity index (χ1) is 9.68. The number of benzene rings is 2. The van der Waals surface area contributed by atoms with Crippen molar-refractivity contribution in [1.29, 1.82) is 0 Å². The first-order valence-corrected chi connectivity index (χ1v) is 6.39. The summed E-state index contributed by atoms with van der Waals surface area (Å²) in [7, 11) is 0. The molecule has 0 aliphatic heterocycles. The van der Waals surface area contributed by atoms with Crippen LogP contribution in [0.3, 0.4) is 0 Å². The Balaban J connectivity index is 2.33. The monoisotopic (exact) mass is 262 g/mol. The van der Waals surface area contributed by atoms with E-state index in [0.717, 1.165) is 10.8 Å². The number of carbonyl (C=O) groups excluding carboxylic acids is 1. The van der Waals surface area contributed by atoms with Crippen LogP contribution in [0, 0.1) is 6.92 Å². The van der Waals surface area contributed by atoms with Gasteiger partial charge in [-0.3, -0.25) is 4.79 Å². The molecule has 0 amide bonds. The summed E-state index contributed by atoms with van der Waals surface area (Å²) in [5, 5.41) is 1.53. The summed E-state index contributed by atoms with van der Waals surface area (Å²) in [6, 6.07) is 12.7. The van der Waals surface area contributed by atoms with Gasteiger partial charge in [0, 0.05) is 27.6 Å². The van der Waals surface area contributed by atoms with Gasteiger partial charge >= 0.3 is 5.63 Å². The first kappa shape index (κ1) is 11.2. The van der Waals surface area contributed by atoms with Crippen LogP contribution in [0.1, 0.15) is 21.5 Å². The van der Waals surface area contributed by atoms with Crippen LogP contribution >= 0.6 is 0 Å². The molecule has 0 atom stereocenters. The second-order valence-corrected chi connectivity index (χ2v) is 4.95. The second kappa shape index (κ2) is 3.67. The van der Waals surface area contributed by atoms with Gasteiger partial charge in [0.05, 0.1) is 0 Å². The fourth-order valence-electron chi connectivity index (χ4n) is 2.84. The predicted octanol–water partition coefficient (Wildman–Crippen LogP) is 3.31. The molecule has 1 aliphatic rings. The van der Waals surface area contributed by atoms with E-state index in [9.17, 15) is 9.59 Å². The molecule has 3 nitrogen and oxygen atoms in total. The van der Waals surface area contributed by atoms with Crippen molar-refractivity contribution in [3.8, 4) is 11.3 Å². The third-order valence-electron chi connectivity index (χ3n) is 3.86. The van der Waals surface area contributed by atoms with Crippen molar-refractivity contribution in [2.45, 2.75) is 6.92 Å². The fraction of sp³-hybridized carbons (Fsp3) is 0.0588. The van der Waals surface area contributed by atoms with Gasteiger partial charge in [-0.25, -0.2) is 4.79 Å². The molecule has 0 unspecified atom stereocenters. The molecule has 0 fully saturated rings. The number of rotatable bonds is 0. The normalized spacial score (nSPS) is 12.6. The van der Waals surface area contributed by atoms with Crippen LogP contribution in [0.4, 0.5) is 0 Å². The van der Waals surface area contributed by atoms with Crippen LogP contribution in [-0.4, -0.2) is 5.78 Å². The molecular formula is C17H10O3. The molecule has 0 N–H and O–H groups in total. The molecule has 3 aromatic rings. The van der Waals surface area contributed by atoms with Crippen molar-refractivity contribution in [3.05, 3.63) is 69.6 Å². The van der Waals surface area contributed by atoms with Crippen molar-refractivity contribution in [2.24, 2.45) is 0 Å². The number of aryl methyl sites for hydroxylation is 1. The molecule has 0 bridgehead atoms. The zero-order chi connectivity index (χ0) is 13.9. The minimum Gasteiger partial charge on any atom is -0.422 e. The summed E-state index contributed by atoms with van der Waals surface area (Å²) < 4.78 is 5.47. The predicted molar refractivity (Wildman–Crippen MR) is 76.1 cm³/mol. The number of hydrogen-bond donors (Lipinski definition) is 0. The molecule has 1 aromatic heterocycles. The molecule has 3 heteroatoms. The SMILES string of the molecule is Cc1c(=O)oc2c3c(cccc13)C(=O)c1ccccc1-2. The molecule has 20 heavy (non-hydrogen) atoms. The van der Waals surface area contributed by atoms with Gasteiger partial charge in [-0.1, -0.05) is 42.5 Å². The first-order valence-electron chi connectivity index (χ1n) is 6.39. The molecule has 1 heterocycles. The Hall–Kier alpha value is -2.68. The van der Waals surface area contributed by atoms with Gasteiger partial charge in [-0.05, 0) is 12.3 Å². The lowest BCUT2D eigenvalue weighted by Crippen LogP contribution is -2.14. The van der Waals surface area contributed by atoms with Crippen LogP contribution in [0.2, 0.25) is 0 Å². The Bertz CT molecular complexity index is 948. The van der Waals surface area contributed by atoms with Crippen molar-refractivity contribution in [2.75, 3.05) is 0 Å². The third kappa shape index (κ3) is 1.24. The Labute approximate surface area is 114 Å². The summed E-state index contributed by atoms with van der Waals surface area (Å²) >= 11 is 0. The average Bonchev–Trinajstić information content (AvgIpc) is 2.49. The fourth-order valence-corrected chi connectivity index (χ4v) is 2.84. The van der Waals surface area contributed by atoms with Gasteiger partial charge in [0.25, 0.3) is 0 Å². The van der Waals surface area contributed by atoms with E-state index in [1.165, 1.54) is 0 Å². The third-order valence-corrected chi connectivity index (χ3v) is 3.86. The van der Waals surface area contributed by atoms with Gasteiger partial charge in [-0.2, -0.15) is 0 Å². The van der Waals surface area contributed by atoms with E-state index in [1.807, 2.05) is 24.3 Å². The van der Waals surface area contributed by atoms with Gasteiger partial charge in [0.15, 0.2) is 5.78 Å². The van der Waals surface area contributed by atoms with Crippen LogP contribution in [0.25, 0.3) is 22.1 Å². The Morgan fingerprint density at radius 1 is 0.850 bits per heavy atom. The summed E-state index contributed by atoms with van der Waals surface area (Å²) in [6.07, 6.45) is 0. The number of fused-ring (bicyclic) bond motifs is 2. The summed E-state index contributed by atoms with van der Waals surface area (Å²) in [5.74, 6) is 0.480. The highest BCUT2D eigenvalue weighted by Crippen LogP contribution is 2.38. The Morgan fingerprint density at radius 3 is 2.35 bits per heavy atom. The summed E-state index contributed by atoms with van der Waals surface area (Å²) in [5.41, 5.74) is 2.06. The van der Waals surface area contributed by atoms with Crippen LogP contribution in [0.15, 0.2) is 51.7 Å². The zero-order valence-corrected chi connectivity index (χ0v) is 10.8. The number of carbonyl (C=O) groups is 1. The average molecular weight is 262 g/mol. The van der Waals surface area contributed by atoms with E-state index >= 15 is 0 Å². The smallest absolute Gasteiger partial charge is 0.339 e. The highest BCUT2D eigenvalue weighted by atomic mass is 16.4. The minimum absolute atomic E-state index is 0.0213. The van der Waals surface area contributed by atoms with E-state index < -0.39 is 0 Å². The lowest BCUT2D eigenvalue weighted by atomic mass is 9.86. The van der Waals surface area contributed by atoms with Crippen molar-refractivity contribution >= 4 is 16.6 Å². The molecule has 96 valence electrons. The lowest BCUT2D eigenvalue weighted by Gasteiger charge is -2.18. The topological polar surface area (TPSA) is 47.3 Å². The minimum atomic E-state index is -0.353. The Kier molecular flexibility index (Phi) is 2.05. The van der Waals surface area contributed by atoms with Gasteiger partial charge in [0.1, 0.15) is 5.76 Å². The Morgan fingerprint density at radius 2 is 1.55 bits per heavy atom. The molecular weight excluding hydrogens is 252 g/mol. The van der Waals surface area contributed by atoms with Crippen molar-refractivity contribution in [1.82, 2.24) is 0 Å². The maximum absolute atomic E-state index is 12.6. The second-order valence-electron chi connectivity index (χ2n) is 4.95. The van der Waals surface area contributed by atoms with Crippen molar-refractivity contribution in [3.63, 3.8) is 0 Å². The molecule has 1 aliphatic carbocycles. The molecule has 0 spiro atoms.